The van der Waals surface area contributed by atoms with Crippen LogP contribution in [0.2, 0.25) is 0 Å². The molecule has 0 radical (unpaired) electrons. The van der Waals surface area contributed by atoms with Gasteiger partial charge in [-0.1, -0.05) is 11.8 Å². The molecule has 2 heterocycles. The van der Waals surface area contributed by atoms with Crippen molar-refractivity contribution in [1.82, 2.24) is 9.80 Å². The molecule has 0 bridgehead atoms. The molecule has 1 aliphatic heterocycles. The summed E-state index contributed by atoms with van der Waals surface area (Å²) in [7, 11) is 2.07. The van der Waals surface area contributed by atoms with Crippen LogP contribution in [0.4, 0.5) is 0 Å². The van der Waals surface area contributed by atoms with Crippen LogP contribution in [-0.4, -0.2) is 60.6 Å². The number of aliphatic hydroxyl groups excluding tert-OH is 1. The van der Waals surface area contributed by atoms with E-state index in [1.54, 1.807) is 0 Å². The third-order valence-electron chi connectivity index (χ3n) is 3.06. The number of carbonyl (C=O) groups is 1. The Labute approximate surface area is 117 Å². The van der Waals surface area contributed by atoms with Gasteiger partial charge < -0.3 is 14.9 Å². The number of thiophene rings is 1. The Morgan fingerprint density at radius 2 is 2.11 bits per heavy atom. The highest BCUT2D eigenvalue weighted by Crippen LogP contribution is 2.18. The third-order valence-corrected chi connectivity index (χ3v) is 4.04. The Morgan fingerprint density at radius 3 is 2.79 bits per heavy atom. The standard InChI is InChI=1S/C14H18N2O2S/c1-15-7-9-16(10-8-15)14(18)13-6-5-12(19-13)4-2-3-11-17/h5-6,17H,3,7-11H2,1H3. The summed E-state index contributed by atoms with van der Waals surface area (Å²) in [6, 6.07) is 3.71. The monoisotopic (exact) mass is 278 g/mol. The van der Waals surface area contributed by atoms with E-state index in [1.807, 2.05) is 17.0 Å². The average molecular weight is 278 g/mol. The molecule has 1 N–H and O–H groups in total. The van der Waals surface area contributed by atoms with Crippen molar-refractivity contribution in [3.63, 3.8) is 0 Å². The summed E-state index contributed by atoms with van der Waals surface area (Å²) in [4.78, 5) is 18.0. The SMILES string of the molecule is CN1CCN(C(=O)c2ccc(C#CCCO)s2)CC1. The molecule has 1 saturated heterocycles. The van der Waals surface area contributed by atoms with E-state index in [0.717, 1.165) is 35.9 Å². The molecule has 0 aromatic carbocycles. The van der Waals surface area contributed by atoms with E-state index in [-0.39, 0.29) is 12.5 Å². The van der Waals surface area contributed by atoms with Gasteiger partial charge in [0.05, 0.1) is 16.4 Å². The van der Waals surface area contributed by atoms with Crippen molar-refractivity contribution in [3.8, 4) is 11.8 Å². The van der Waals surface area contributed by atoms with Crippen molar-refractivity contribution in [2.24, 2.45) is 0 Å². The topological polar surface area (TPSA) is 43.8 Å². The lowest BCUT2D eigenvalue weighted by molar-refractivity contribution is 0.0669. The van der Waals surface area contributed by atoms with Gasteiger partial charge in [0.2, 0.25) is 0 Å². The van der Waals surface area contributed by atoms with Gasteiger partial charge in [0.15, 0.2) is 0 Å². The van der Waals surface area contributed by atoms with Crippen LogP contribution in [-0.2, 0) is 0 Å². The maximum atomic E-state index is 12.3. The van der Waals surface area contributed by atoms with Gasteiger partial charge in [0.25, 0.3) is 5.91 Å². The summed E-state index contributed by atoms with van der Waals surface area (Å²) in [5.41, 5.74) is 0. The highest BCUT2D eigenvalue weighted by molar-refractivity contribution is 7.14. The molecule has 0 atom stereocenters. The fraction of sp³-hybridized carbons (Fsp3) is 0.500. The number of amides is 1. The largest absolute Gasteiger partial charge is 0.395 e. The van der Waals surface area contributed by atoms with Crippen LogP contribution in [0.1, 0.15) is 21.0 Å². The highest BCUT2D eigenvalue weighted by Gasteiger charge is 2.21. The van der Waals surface area contributed by atoms with Gasteiger partial charge in [-0.05, 0) is 19.2 Å². The molecular weight excluding hydrogens is 260 g/mol. The summed E-state index contributed by atoms with van der Waals surface area (Å²) >= 11 is 1.43. The first-order valence-electron chi connectivity index (χ1n) is 6.38. The van der Waals surface area contributed by atoms with Crippen molar-refractivity contribution in [1.29, 1.82) is 0 Å². The average Bonchev–Trinajstić information content (AvgIpc) is 2.88. The molecule has 0 aliphatic carbocycles. The molecular formula is C14H18N2O2S. The van der Waals surface area contributed by atoms with E-state index in [4.69, 9.17) is 5.11 Å². The van der Waals surface area contributed by atoms with Crippen molar-refractivity contribution in [3.05, 3.63) is 21.9 Å². The van der Waals surface area contributed by atoms with Crippen LogP contribution in [0.15, 0.2) is 12.1 Å². The van der Waals surface area contributed by atoms with E-state index in [2.05, 4.69) is 23.8 Å². The van der Waals surface area contributed by atoms with E-state index < -0.39 is 0 Å². The minimum absolute atomic E-state index is 0.0749. The molecule has 102 valence electrons. The van der Waals surface area contributed by atoms with Gasteiger partial charge in [0, 0.05) is 32.6 Å². The third kappa shape index (κ3) is 3.80. The highest BCUT2D eigenvalue weighted by atomic mass is 32.1. The Bertz CT molecular complexity index is 493. The van der Waals surface area contributed by atoms with Crippen LogP contribution in [0.5, 0.6) is 0 Å². The first kappa shape index (κ1) is 14.1. The van der Waals surface area contributed by atoms with Crippen LogP contribution in [0, 0.1) is 11.8 Å². The van der Waals surface area contributed by atoms with E-state index in [1.165, 1.54) is 11.3 Å². The zero-order chi connectivity index (χ0) is 13.7. The molecule has 19 heavy (non-hydrogen) atoms. The molecule has 1 fully saturated rings. The molecule has 1 aromatic rings. The van der Waals surface area contributed by atoms with Gasteiger partial charge in [0.1, 0.15) is 0 Å². The second-order valence-corrected chi connectivity index (χ2v) is 5.62. The normalized spacial score (nSPS) is 16.0. The molecule has 0 spiro atoms. The molecule has 1 amide bonds. The fourth-order valence-electron chi connectivity index (χ4n) is 1.89. The van der Waals surface area contributed by atoms with Gasteiger partial charge >= 0.3 is 0 Å². The fourth-order valence-corrected chi connectivity index (χ4v) is 2.74. The Balaban J connectivity index is 1.98. The number of nitrogens with zero attached hydrogens (tertiary/aromatic N) is 2. The lowest BCUT2D eigenvalue weighted by Gasteiger charge is -2.32. The number of rotatable bonds is 2. The Morgan fingerprint density at radius 1 is 1.37 bits per heavy atom. The van der Waals surface area contributed by atoms with E-state index in [9.17, 15) is 4.79 Å². The molecule has 0 saturated carbocycles. The van der Waals surface area contributed by atoms with Gasteiger partial charge in [-0.2, -0.15) is 0 Å². The number of likely N-dealkylation sites (N-methyl/N-ethyl adjacent to an activating group) is 1. The zero-order valence-electron chi connectivity index (χ0n) is 11.1. The first-order chi connectivity index (χ1) is 9.20. The van der Waals surface area contributed by atoms with Crippen molar-refractivity contribution >= 4 is 17.2 Å². The van der Waals surface area contributed by atoms with Gasteiger partial charge in [-0.3, -0.25) is 4.79 Å². The molecule has 1 aliphatic rings. The molecule has 0 unspecified atom stereocenters. The number of hydrogen-bond acceptors (Lipinski definition) is 4. The van der Waals surface area contributed by atoms with Crippen LogP contribution >= 0.6 is 11.3 Å². The second-order valence-electron chi connectivity index (χ2n) is 4.53. The lowest BCUT2D eigenvalue weighted by Crippen LogP contribution is -2.46. The summed E-state index contributed by atoms with van der Waals surface area (Å²) < 4.78 is 0. The van der Waals surface area contributed by atoms with Crippen molar-refractivity contribution < 1.29 is 9.90 Å². The first-order valence-corrected chi connectivity index (χ1v) is 7.20. The van der Waals surface area contributed by atoms with Crippen molar-refractivity contribution in [2.45, 2.75) is 6.42 Å². The van der Waals surface area contributed by atoms with E-state index >= 15 is 0 Å². The van der Waals surface area contributed by atoms with Crippen LogP contribution < -0.4 is 0 Å². The summed E-state index contributed by atoms with van der Waals surface area (Å²) in [6.07, 6.45) is 0.472. The van der Waals surface area contributed by atoms with Crippen molar-refractivity contribution in [2.75, 3.05) is 39.8 Å². The molecule has 4 nitrogen and oxygen atoms in total. The summed E-state index contributed by atoms with van der Waals surface area (Å²) in [5, 5.41) is 8.67. The number of piperazine rings is 1. The predicted molar refractivity (Wildman–Crippen MR) is 76.3 cm³/mol. The molecule has 1 aromatic heterocycles. The maximum Gasteiger partial charge on any atom is 0.264 e. The van der Waals surface area contributed by atoms with Gasteiger partial charge in [-0.15, -0.1) is 11.3 Å². The number of aliphatic hydroxyl groups is 1. The quantitative estimate of drug-likeness (QED) is 0.816. The second kappa shape index (κ2) is 6.71. The zero-order valence-corrected chi connectivity index (χ0v) is 11.9. The summed E-state index contributed by atoms with van der Waals surface area (Å²) in [6.45, 7) is 3.52. The van der Waals surface area contributed by atoms with E-state index in [0.29, 0.717) is 6.42 Å². The Hall–Kier alpha value is -1.35. The van der Waals surface area contributed by atoms with Gasteiger partial charge in [-0.25, -0.2) is 0 Å². The minimum Gasteiger partial charge on any atom is -0.395 e. The maximum absolute atomic E-state index is 12.3. The summed E-state index contributed by atoms with van der Waals surface area (Å²) in [5.74, 6) is 5.93. The predicted octanol–water partition coefficient (Wildman–Crippen LogP) is 0.870. The number of carbonyl (C=O) groups excluding carboxylic acids is 1. The lowest BCUT2D eigenvalue weighted by atomic mass is 10.3. The van der Waals surface area contributed by atoms with Crippen LogP contribution in [0.3, 0.4) is 0 Å². The Kier molecular flexibility index (Phi) is 4.97. The molecule has 5 heteroatoms. The smallest absolute Gasteiger partial charge is 0.264 e. The molecule has 2 rings (SSSR count). The van der Waals surface area contributed by atoms with Crippen LogP contribution in [0.25, 0.3) is 0 Å². The minimum atomic E-state index is 0.0749. The number of hydrogen-bond donors (Lipinski definition) is 1.